The van der Waals surface area contributed by atoms with E-state index >= 15 is 0 Å². The molecule has 4 heteroatoms. The second kappa shape index (κ2) is 5.48. The molecule has 3 nitrogen and oxygen atoms in total. The summed E-state index contributed by atoms with van der Waals surface area (Å²) >= 11 is 0. The number of hydrogen-bond acceptors (Lipinski definition) is 2. The van der Waals surface area contributed by atoms with E-state index in [0.29, 0.717) is 13.0 Å². The van der Waals surface area contributed by atoms with Crippen molar-refractivity contribution in [3.05, 3.63) is 35.1 Å². The molecule has 0 spiro atoms. The fraction of sp³-hybridized carbons (Fsp3) is 0.500. The quantitative estimate of drug-likeness (QED) is 0.897. The molecule has 1 aromatic carbocycles. The zero-order valence-electron chi connectivity index (χ0n) is 10.5. The van der Waals surface area contributed by atoms with E-state index in [1.807, 2.05) is 11.8 Å². The maximum atomic E-state index is 13.0. The Bertz CT molecular complexity index is 447. The highest BCUT2D eigenvalue weighted by atomic mass is 19.1. The Morgan fingerprint density at radius 1 is 1.50 bits per heavy atom. The molecule has 0 amide bonds. The van der Waals surface area contributed by atoms with E-state index < -0.39 is 12.0 Å². The second-order valence-corrected chi connectivity index (χ2v) is 4.89. The van der Waals surface area contributed by atoms with E-state index in [2.05, 4.69) is 0 Å². The summed E-state index contributed by atoms with van der Waals surface area (Å²) < 4.78 is 13.0. The lowest BCUT2D eigenvalue weighted by atomic mass is 10.00. The minimum absolute atomic E-state index is 0.246. The molecular weight excluding hydrogens is 233 g/mol. The normalized spacial score (nSPS) is 20.9. The summed E-state index contributed by atoms with van der Waals surface area (Å²) in [5.41, 5.74) is 1.88. The van der Waals surface area contributed by atoms with Crippen LogP contribution < -0.4 is 0 Å². The molecule has 1 atom stereocenters. The molecule has 1 aliphatic heterocycles. The second-order valence-electron chi connectivity index (χ2n) is 4.89. The standard InChI is InChI=1S/C14H18FNO2/c1-10-8-12(15)6-5-11(10)9-16-7-3-2-4-13(16)14(17)18/h5-6,8,13H,2-4,7,9H2,1H3,(H,17,18). The number of rotatable bonds is 3. The average molecular weight is 251 g/mol. The zero-order chi connectivity index (χ0) is 13.1. The summed E-state index contributed by atoms with van der Waals surface area (Å²) in [5, 5.41) is 9.20. The van der Waals surface area contributed by atoms with Crippen molar-refractivity contribution >= 4 is 5.97 Å². The van der Waals surface area contributed by atoms with Crippen LogP contribution in [-0.4, -0.2) is 28.6 Å². The van der Waals surface area contributed by atoms with Gasteiger partial charge < -0.3 is 5.11 Å². The largest absolute Gasteiger partial charge is 0.480 e. The molecule has 0 aliphatic carbocycles. The van der Waals surface area contributed by atoms with Crippen molar-refractivity contribution in [2.75, 3.05) is 6.54 Å². The zero-order valence-corrected chi connectivity index (χ0v) is 10.5. The minimum Gasteiger partial charge on any atom is -0.480 e. The van der Waals surface area contributed by atoms with Gasteiger partial charge in [0.2, 0.25) is 0 Å². The van der Waals surface area contributed by atoms with Gasteiger partial charge in [-0.05, 0) is 49.6 Å². The number of likely N-dealkylation sites (tertiary alicyclic amines) is 1. The van der Waals surface area contributed by atoms with E-state index in [-0.39, 0.29) is 5.82 Å². The van der Waals surface area contributed by atoms with Crippen LogP contribution in [0.1, 0.15) is 30.4 Å². The van der Waals surface area contributed by atoms with Crippen molar-refractivity contribution in [3.8, 4) is 0 Å². The van der Waals surface area contributed by atoms with Gasteiger partial charge in [-0.1, -0.05) is 12.5 Å². The lowest BCUT2D eigenvalue weighted by molar-refractivity contribution is -0.144. The minimum atomic E-state index is -0.755. The number of carbonyl (C=O) groups is 1. The first-order valence-electron chi connectivity index (χ1n) is 6.30. The molecule has 1 aromatic rings. The summed E-state index contributed by atoms with van der Waals surface area (Å²) in [4.78, 5) is 13.2. The summed E-state index contributed by atoms with van der Waals surface area (Å²) in [6.45, 7) is 3.25. The van der Waals surface area contributed by atoms with Crippen molar-refractivity contribution in [2.24, 2.45) is 0 Å². The van der Waals surface area contributed by atoms with Crippen LogP contribution in [0.4, 0.5) is 4.39 Å². The molecule has 1 aliphatic rings. The first-order valence-corrected chi connectivity index (χ1v) is 6.30. The Hall–Kier alpha value is -1.42. The maximum Gasteiger partial charge on any atom is 0.320 e. The van der Waals surface area contributed by atoms with Gasteiger partial charge in [-0.15, -0.1) is 0 Å². The van der Waals surface area contributed by atoms with Crippen LogP contribution in [0, 0.1) is 12.7 Å². The monoisotopic (exact) mass is 251 g/mol. The summed E-state index contributed by atoms with van der Waals surface area (Å²) in [7, 11) is 0. The fourth-order valence-electron chi connectivity index (χ4n) is 2.52. The predicted octanol–water partition coefficient (Wildman–Crippen LogP) is 2.57. The van der Waals surface area contributed by atoms with Crippen molar-refractivity contribution < 1.29 is 14.3 Å². The molecule has 0 aromatic heterocycles. The van der Waals surface area contributed by atoms with E-state index in [4.69, 9.17) is 0 Å². The Kier molecular flexibility index (Phi) is 3.97. The maximum absolute atomic E-state index is 13.0. The molecule has 98 valence electrons. The summed E-state index contributed by atoms with van der Waals surface area (Å²) in [5.74, 6) is -1.00. The third-order valence-electron chi connectivity index (χ3n) is 3.58. The first kappa shape index (κ1) is 13.0. The van der Waals surface area contributed by atoms with Crippen molar-refractivity contribution in [1.82, 2.24) is 4.90 Å². The van der Waals surface area contributed by atoms with Crippen LogP contribution in [0.15, 0.2) is 18.2 Å². The van der Waals surface area contributed by atoms with Crippen molar-refractivity contribution in [1.29, 1.82) is 0 Å². The highest BCUT2D eigenvalue weighted by Gasteiger charge is 2.28. The van der Waals surface area contributed by atoms with Crippen LogP contribution in [0.2, 0.25) is 0 Å². The average Bonchev–Trinajstić information content (AvgIpc) is 2.33. The lowest BCUT2D eigenvalue weighted by Gasteiger charge is -2.33. The highest BCUT2D eigenvalue weighted by Crippen LogP contribution is 2.21. The van der Waals surface area contributed by atoms with Gasteiger partial charge in [-0.25, -0.2) is 4.39 Å². The number of benzene rings is 1. The molecule has 0 saturated carbocycles. The van der Waals surface area contributed by atoms with Gasteiger partial charge in [0, 0.05) is 6.54 Å². The smallest absolute Gasteiger partial charge is 0.320 e. The van der Waals surface area contributed by atoms with Crippen molar-refractivity contribution in [2.45, 2.75) is 38.8 Å². The summed E-state index contributed by atoms with van der Waals surface area (Å²) in [6.07, 6.45) is 2.70. The van der Waals surface area contributed by atoms with Crippen LogP contribution in [0.3, 0.4) is 0 Å². The van der Waals surface area contributed by atoms with Crippen LogP contribution in [-0.2, 0) is 11.3 Å². The highest BCUT2D eigenvalue weighted by molar-refractivity contribution is 5.73. The number of halogens is 1. The molecular formula is C14H18FNO2. The Balaban J connectivity index is 2.13. The van der Waals surface area contributed by atoms with Gasteiger partial charge in [-0.3, -0.25) is 9.69 Å². The number of carboxylic acids is 1. The number of aliphatic carboxylic acids is 1. The Labute approximate surface area is 106 Å². The molecule has 0 bridgehead atoms. The van der Waals surface area contributed by atoms with Gasteiger partial charge in [0.25, 0.3) is 0 Å². The third-order valence-corrected chi connectivity index (χ3v) is 3.58. The van der Waals surface area contributed by atoms with Crippen LogP contribution in [0.5, 0.6) is 0 Å². The van der Waals surface area contributed by atoms with Gasteiger partial charge in [0.05, 0.1) is 0 Å². The Morgan fingerprint density at radius 2 is 2.28 bits per heavy atom. The van der Waals surface area contributed by atoms with Gasteiger partial charge in [-0.2, -0.15) is 0 Å². The number of carboxylic acid groups (broad SMARTS) is 1. The predicted molar refractivity (Wildman–Crippen MR) is 66.8 cm³/mol. The fourth-order valence-corrected chi connectivity index (χ4v) is 2.52. The molecule has 0 radical (unpaired) electrons. The number of nitrogens with zero attached hydrogens (tertiary/aromatic N) is 1. The molecule has 2 rings (SSSR count). The number of hydrogen-bond donors (Lipinski definition) is 1. The third kappa shape index (κ3) is 2.88. The number of aryl methyl sites for hydroxylation is 1. The topological polar surface area (TPSA) is 40.5 Å². The van der Waals surface area contributed by atoms with E-state index in [1.165, 1.54) is 12.1 Å². The van der Waals surface area contributed by atoms with E-state index in [9.17, 15) is 14.3 Å². The van der Waals surface area contributed by atoms with E-state index in [0.717, 1.165) is 30.5 Å². The van der Waals surface area contributed by atoms with Crippen LogP contribution >= 0.6 is 0 Å². The molecule has 1 saturated heterocycles. The van der Waals surface area contributed by atoms with Crippen molar-refractivity contribution in [3.63, 3.8) is 0 Å². The first-order chi connectivity index (χ1) is 8.58. The Morgan fingerprint density at radius 3 is 2.94 bits per heavy atom. The molecule has 1 unspecified atom stereocenters. The molecule has 1 heterocycles. The van der Waals surface area contributed by atoms with Gasteiger partial charge in [0.1, 0.15) is 11.9 Å². The lowest BCUT2D eigenvalue weighted by Crippen LogP contribution is -2.44. The van der Waals surface area contributed by atoms with E-state index in [1.54, 1.807) is 6.07 Å². The SMILES string of the molecule is Cc1cc(F)ccc1CN1CCCCC1C(=O)O. The molecule has 1 fully saturated rings. The molecule has 18 heavy (non-hydrogen) atoms. The van der Waals surface area contributed by atoms with Crippen LogP contribution in [0.25, 0.3) is 0 Å². The van der Waals surface area contributed by atoms with Gasteiger partial charge in [0.15, 0.2) is 0 Å². The number of piperidine rings is 1. The molecule has 1 N–H and O–H groups in total. The summed E-state index contributed by atoms with van der Waals surface area (Å²) in [6, 6.07) is 4.28. The van der Waals surface area contributed by atoms with Gasteiger partial charge >= 0.3 is 5.97 Å².